The fourth-order valence-electron chi connectivity index (χ4n) is 4.79. The van der Waals surface area contributed by atoms with Crippen molar-refractivity contribution in [2.45, 2.75) is 38.9 Å². The number of benzene rings is 1. The number of hydrogen-bond donors (Lipinski definition) is 1. The first-order chi connectivity index (χ1) is 18.2. The van der Waals surface area contributed by atoms with Crippen LogP contribution in [-0.4, -0.2) is 43.0 Å². The van der Waals surface area contributed by atoms with Crippen LogP contribution in [0.5, 0.6) is 0 Å². The average Bonchev–Trinajstić information content (AvgIpc) is 3.52. The summed E-state index contributed by atoms with van der Waals surface area (Å²) in [6, 6.07) is 16.8. The van der Waals surface area contributed by atoms with E-state index in [-0.39, 0.29) is 0 Å². The second-order valence-corrected chi connectivity index (χ2v) is 10.0. The van der Waals surface area contributed by atoms with E-state index in [1.807, 2.05) is 29.3 Å². The number of imidazole rings is 1. The SMILES string of the molecule is CN(Cc1ccccc1)c1cncc(-c2cn(Cc3cn4cc(CNCC5CCC5)ccc4n3)nn2)c1. The number of fused-ring (bicyclic) bond motifs is 1. The van der Waals surface area contributed by atoms with Crippen molar-refractivity contribution >= 4 is 11.3 Å². The van der Waals surface area contributed by atoms with Crippen molar-refractivity contribution in [3.8, 4) is 11.3 Å². The van der Waals surface area contributed by atoms with Gasteiger partial charge in [-0.15, -0.1) is 5.10 Å². The Kier molecular flexibility index (Phi) is 6.64. The monoisotopic (exact) mass is 492 g/mol. The molecule has 4 aromatic heterocycles. The van der Waals surface area contributed by atoms with Crippen molar-refractivity contribution < 1.29 is 0 Å². The zero-order valence-corrected chi connectivity index (χ0v) is 21.2. The molecule has 0 saturated heterocycles. The number of nitrogens with zero attached hydrogens (tertiary/aromatic N) is 7. The fraction of sp³-hybridized carbons (Fsp3) is 0.310. The fourth-order valence-corrected chi connectivity index (χ4v) is 4.79. The van der Waals surface area contributed by atoms with Gasteiger partial charge in [-0.1, -0.05) is 48.0 Å². The van der Waals surface area contributed by atoms with Crippen LogP contribution >= 0.6 is 0 Å². The van der Waals surface area contributed by atoms with Crippen LogP contribution in [0.25, 0.3) is 16.9 Å². The summed E-state index contributed by atoms with van der Waals surface area (Å²) in [7, 11) is 2.07. The Morgan fingerprint density at radius 3 is 2.73 bits per heavy atom. The number of pyridine rings is 2. The Labute approximate surface area is 217 Å². The van der Waals surface area contributed by atoms with Gasteiger partial charge in [-0.05, 0) is 48.6 Å². The van der Waals surface area contributed by atoms with Gasteiger partial charge in [-0.3, -0.25) is 4.98 Å². The maximum Gasteiger partial charge on any atom is 0.137 e. The van der Waals surface area contributed by atoms with Crippen LogP contribution in [0.4, 0.5) is 5.69 Å². The van der Waals surface area contributed by atoms with E-state index in [1.165, 1.54) is 30.4 Å². The quantitative estimate of drug-likeness (QED) is 0.308. The molecular formula is C29H32N8. The third-order valence-electron chi connectivity index (χ3n) is 7.13. The molecule has 8 nitrogen and oxygen atoms in total. The predicted octanol–water partition coefficient (Wildman–Crippen LogP) is 4.56. The molecular weight excluding hydrogens is 460 g/mol. The maximum absolute atomic E-state index is 4.77. The number of rotatable bonds is 10. The highest BCUT2D eigenvalue weighted by Crippen LogP contribution is 2.25. The van der Waals surface area contributed by atoms with Crippen molar-refractivity contribution in [1.29, 1.82) is 0 Å². The Balaban J connectivity index is 1.11. The Hall–Kier alpha value is -4.04. The standard InChI is InChI=1S/C29H32N8/c1-35(17-23-6-3-2-4-7-23)27-12-25(15-31-16-27)28-21-37(34-33-28)20-26-19-36-18-24(10-11-29(36)32-26)14-30-13-22-8-5-9-22/h2-4,6-7,10-12,15-16,18-19,21-22,30H,5,8-9,13-14,17,20H2,1H3. The summed E-state index contributed by atoms with van der Waals surface area (Å²) < 4.78 is 3.93. The van der Waals surface area contributed by atoms with Gasteiger partial charge in [0.05, 0.1) is 30.3 Å². The maximum atomic E-state index is 4.77. The normalized spacial score (nSPS) is 13.6. The lowest BCUT2D eigenvalue weighted by Gasteiger charge is -2.25. The highest BCUT2D eigenvalue weighted by molar-refractivity contribution is 5.63. The lowest BCUT2D eigenvalue weighted by molar-refractivity contribution is 0.301. The molecule has 0 bridgehead atoms. The van der Waals surface area contributed by atoms with Gasteiger partial charge in [0.25, 0.3) is 0 Å². The van der Waals surface area contributed by atoms with Crippen LogP contribution in [0.2, 0.25) is 0 Å². The first kappa shape index (κ1) is 23.4. The van der Waals surface area contributed by atoms with Gasteiger partial charge in [0.2, 0.25) is 0 Å². The summed E-state index contributed by atoms with van der Waals surface area (Å²) in [5.41, 5.74) is 7.19. The van der Waals surface area contributed by atoms with Gasteiger partial charge in [-0.2, -0.15) is 0 Å². The molecule has 37 heavy (non-hydrogen) atoms. The van der Waals surface area contributed by atoms with Crippen LogP contribution in [0, 0.1) is 5.92 Å². The van der Waals surface area contributed by atoms with Crippen molar-refractivity contribution in [2.75, 3.05) is 18.5 Å². The van der Waals surface area contributed by atoms with Crippen LogP contribution in [0.1, 0.15) is 36.1 Å². The van der Waals surface area contributed by atoms with Gasteiger partial charge in [0.1, 0.15) is 11.3 Å². The number of aromatic nitrogens is 6. The second kappa shape index (κ2) is 10.5. The Morgan fingerprint density at radius 1 is 1.00 bits per heavy atom. The van der Waals surface area contributed by atoms with E-state index in [9.17, 15) is 0 Å². The summed E-state index contributed by atoms with van der Waals surface area (Å²) in [6.07, 6.45) is 14.0. The second-order valence-electron chi connectivity index (χ2n) is 10.0. The average molecular weight is 493 g/mol. The summed E-state index contributed by atoms with van der Waals surface area (Å²) in [5.74, 6) is 0.865. The molecule has 1 N–H and O–H groups in total. The first-order valence-electron chi connectivity index (χ1n) is 13.0. The summed E-state index contributed by atoms with van der Waals surface area (Å²) in [4.78, 5) is 11.4. The minimum atomic E-state index is 0.560. The van der Waals surface area contributed by atoms with Crippen LogP contribution in [0.3, 0.4) is 0 Å². The molecule has 8 heteroatoms. The zero-order valence-electron chi connectivity index (χ0n) is 21.2. The van der Waals surface area contributed by atoms with Crippen molar-refractivity contribution in [3.63, 3.8) is 0 Å². The molecule has 6 rings (SSSR count). The lowest BCUT2D eigenvalue weighted by Crippen LogP contribution is -2.26. The van der Waals surface area contributed by atoms with E-state index in [0.717, 1.165) is 53.8 Å². The Morgan fingerprint density at radius 2 is 1.89 bits per heavy atom. The molecule has 0 atom stereocenters. The van der Waals surface area contributed by atoms with E-state index in [1.54, 1.807) is 0 Å². The van der Waals surface area contributed by atoms with E-state index < -0.39 is 0 Å². The molecule has 5 aromatic rings. The molecule has 0 aliphatic heterocycles. The number of nitrogens with one attached hydrogen (secondary N) is 1. The van der Waals surface area contributed by atoms with Crippen molar-refractivity contribution in [1.82, 2.24) is 34.7 Å². The van der Waals surface area contributed by atoms with Gasteiger partial charge >= 0.3 is 0 Å². The molecule has 4 heterocycles. The molecule has 1 aromatic carbocycles. The summed E-state index contributed by atoms with van der Waals surface area (Å²) in [5, 5.41) is 12.4. The summed E-state index contributed by atoms with van der Waals surface area (Å²) in [6.45, 7) is 3.37. The third-order valence-corrected chi connectivity index (χ3v) is 7.13. The third kappa shape index (κ3) is 5.54. The van der Waals surface area contributed by atoms with Gasteiger partial charge < -0.3 is 14.6 Å². The highest BCUT2D eigenvalue weighted by atomic mass is 15.4. The molecule has 0 spiro atoms. The van der Waals surface area contributed by atoms with Crippen molar-refractivity contribution in [2.24, 2.45) is 5.92 Å². The lowest BCUT2D eigenvalue weighted by atomic mass is 9.85. The largest absolute Gasteiger partial charge is 0.369 e. The molecule has 188 valence electrons. The Bertz CT molecular complexity index is 1470. The molecule has 1 fully saturated rings. The molecule has 0 amide bonds. The highest BCUT2D eigenvalue weighted by Gasteiger charge is 2.16. The summed E-state index contributed by atoms with van der Waals surface area (Å²) >= 11 is 0. The first-order valence-corrected chi connectivity index (χ1v) is 13.0. The topological polar surface area (TPSA) is 76.2 Å². The van der Waals surface area contributed by atoms with Crippen LogP contribution in [0.15, 0.2) is 79.5 Å². The molecule has 0 unspecified atom stereocenters. The minimum Gasteiger partial charge on any atom is -0.369 e. The van der Waals surface area contributed by atoms with E-state index in [4.69, 9.17) is 4.98 Å². The number of anilines is 1. The molecule has 1 saturated carbocycles. The molecule has 1 aliphatic carbocycles. The van der Waals surface area contributed by atoms with Gasteiger partial charge in [0, 0.05) is 44.3 Å². The minimum absolute atomic E-state index is 0.560. The van der Waals surface area contributed by atoms with Crippen molar-refractivity contribution in [3.05, 3.63) is 96.3 Å². The van der Waals surface area contributed by atoms with Gasteiger partial charge in [-0.25, -0.2) is 9.67 Å². The van der Waals surface area contributed by atoms with Crippen LogP contribution < -0.4 is 10.2 Å². The smallest absolute Gasteiger partial charge is 0.137 e. The molecule has 1 aliphatic rings. The molecule has 0 radical (unpaired) electrons. The van der Waals surface area contributed by atoms with E-state index in [2.05, 4.69) is 91.8 Å². The van der Waals surface area contributed by atoms with Crippen LogP contribution in [-0.2, 0) is 19.6 Å². The zero-order chi connectivity index (χ0) is 25.0. The number of hydrogen-bond acceptors (Lipinski definition) is 6. The van der Waals surface area contributed by atoms with Gasteiger partial charge in [0.15, 0.2) is 0 Å². The predicted molar refractivity (Wildman–Crippen MR) is 145 cm³/mol. The van der Waals surface area contributed by atoms with E-state index in [0.29, 0.717) is 6.54 Å². The van der Waals surface area contributed by atoms with E-state index >= 15 is 0 Å².